The van der Waals surface area contributed by atoms with E-state index >= 15 is 0 Å². The summed E-state index contributed by atoms with van der Waals surface area (Å²) in [7, 11) is -4.67. The van der Waals surface area contributed by atoms with Crippen LogP contribution >= 0.6 is 11.3 Å². The number of aryl methyl sites for hydroxylation is 1. The van der Waals surface area contributed by atoms with Crippen LogP contribution < -0.4 is 5.32 Å². The number of aromatic nitrogens is 1. The topological polar surface area (TPSA) is 76.1 Å². The Hall–Kier alpha value is -1.80. The van der Waals surface area contributed by atoms with Gasteiger partial charge in [0.1, 0.15) is 0 Å². The molecule has 20 heavy (non-hydrogen) atoms. The number of nitrogens with zero attached hydrogens (tertiary/aromatic N) is 1. The van der Waals surface area contributed by atoms with E-state index in [1.165, 1.54) is 35.6 Å². The first-order valence-electron chi connectivity index (χ1n) is 5.68. The Labute approximate surface area is 119 Å². The number of carbonyl (C=O) groups is 1. The summed E-state index contributed by atoms with van der Waals surface area (Å²) in [6.07, 6.45) is 2.27. The first-order valence-corrected chi connectivity index (χ1v) is 7.94. The molecule has 0 aliphatic rings. The SMILES string of the molecule is O=C(CCc1ccc(S(=O)(=O)F)cc1)Nc1nccs1. The van der Waals surface area contributed by atoms with Gasteiger partial charge in [-0.2, -0.15) is 8.42 Å². The van der Waals surface area contributed by atoms with Crippen LogP contribution in [0.4, 0.5) is 9.02 Å². The molecule has 1 aromatic heterocycles. The van der Waals surface area contributed by atoms with Crippen molar-refractivity contribution in [2.75, 3.05) is 5.32 Å². The maximum Gasteiger partial charge on any atom is 0.332 e. The minimum Gasteiger partial charge on any atom is -0.302 e. The Balaban J connectivity index is 1.89. The normalized spacial score (nSPS) is 11.2. The number of hydrogen-bond acceptors (Lipinski definition) is 5. The maximum absolute atomic E-state index is 12.7. The number of halogens is 1. The molecule has 0 unspecified atom stereocenters. The number of carbonyl (C=O) groups excluding carboxylic acids is 1. The first kappa shape index (κ1) is 14.6. The minimum absolute atomic E-state index is 0.179. The van der Waals surface area contributed by atoms with Gasteiger partial charge in [-0.25, -0.2) is 4.98 Å². The zero-order valence-corrected chi connectivity index (χ0v) is 11.9. The van der Waals surface area contributed by atoms with Gasteiger partial charge in [0.05, 0.1) is 4.90 Å². The molecule has 0 fully saturated rings. The Morgan fingerprint density at radius 1 is 1.30 bits per heavy atom. The second kappa shape index (κ2) is 6.10. The molecule has 2 aromatic rings. The van der Waals surface area contributed by atoms with Gasteiger partial charge in [-0.05, 0) is 24.1 Å². The van der Waals surface area contributed by atoms with Crippen molar-refractivity contribution >= 4 is 32.6 Å². The average molecular weight is 314 g/mol. The second-order valence-electron chi connectivity index (χ2n) is 3.97. The van der Waals surface area contributed by atoms with Crippen molar-refractivity contribution in [1.29, 1.82) is 0 Å². The van der Waals surface area contributed by atoms with Gasteiger partial charge < -0.3 is 5.32 Å². The summed E-state index contributed by atoms with van der Waals surface area (Å²) >= 11 is 1.33. The summed E-state index contributed by atoms with van der Waals surface area (Å²) in [5.41, 5.74) is 0.756. The molecule has 106 valence electrons. The van der Waals surface area contributed by atoms with Crippen LogP contribution in [0.2, 0.25) is 0 Å². The van der Waals surface area contributed by atoms with Crippen LogP contribution in [0.3, 0.4) is 0 Å². The number of thiazole rings is 1. The Bertz CT molecular complexity index is 682. The quantitative estimate of drug-likeness (QED) is 0.860. The number of hydrogen-bond donors (Lipinski definition) is 1. The van der Waals surface area contributed by atoms with Gasteiger partial charge in [0.25, 0.3) is 0 Å². The molecule has 1 aromatic carbocycles. The monoisotopic (exact) mass is 314 g/mol. The molecular formula is C12H11FN2O3S2. The van der Waals surface area contributed by atoms with Crippen LogP contribution in [-0.4, -0.2) is 19.3 Å². The van der Waals surface area contributed by atoms with Gasteiger partial charge in [0.2, 0.25) is 5.91 Å². The maximum atomic E-state index is 12.7. The summed E-state index contributed by atoms with van der Waals surface area (Å²) < 4.78 is 34.0. The molecule has 1 amide bonds. The molecule has 0 atom stereocenters. The van der Waals surface area contributed by atoms with Crippen molar-refractivity contribution in [3.63, 3.8) is 0 Å². The molecule has 5 nitrogen and oxygen atoms in total. The van der Waals surface area contributed by atoms with Crippen molar-refractivity contribution in [3.8, 4) is 0 Å². The highest BCUT2D eigenvalue weighted by Crippen LogP contribution is 2.15. The van der Waals surface area contributed by atoms with Crippen molar-refractivity contribution in [1.82, 2.24) is 4.98 Å². The molecule has 0 bridgehead atoms. The number of amides is 1. The third-order valence-electron chi connectivity index (χ3n) is 2.52. The lowest BCUT2D eigenvalue weighted by Crippen LogP contribution is -2.12. The minimum atomic E-state index is -4.67. The fraction of sp³-hybridized carbons (Fsp3) is 0.167. The molecule has 0 aliphatic carbocycles. The summed E-state index contributed by atoms with van der Waals surface area (Å²) in [6, 6.07) is 5.35. The van der Waals surface area contributed by atoms with Crippen LogP contribution in [0.15, 0.2) is 40.7 Å². The number of anilines is 1. The summed E-state index contributed by atoms with van der Waals surface area (Å²) in [4.78, 5) is 15.2. The van der Waals surface area contributed by atoms with Gasteiger partial charge in [-0.1, -0.05) is 12.1 Å². The van der Waals surface area contributed by atoms with Crippen molar-refractivity contribution in [2.24, 2.45) is 0 Å². The Morgan fingerprint density at radius 3 is 2.55 bits per heavy atom. The molecule has 2 rings (SSSR count). The fourth-order valence-electron chi connectivity index (χ4n) is 1.54. The lowest BCUT2D eigenvalue weighted by atomic mass is 10.1. The van der Waals surface area contributed by atoms with E-state index < -0.39 is 10.2 Å². The van der Waals surface area contributed by atoms with Gasteiger partial charge in [0, 0.05) is 18.0 Å². The van der Waals surface area contributed by atoms with Crippen LogP contribution in [0.5, 0.6) is 0 Å². The molecule has 0 radical (unpaired) electrons. The zero-order chi connectivity index (χ0) is 14.6. The first-order chi connectivity index (χ1) is 9.45. The summed E-state index contributed by atoms with van der Waals surface area (Å²) in [5, 5.41) is 4.93. The van der Waals surface area contributed by atoms with E-state index in [2.05, 4.69) is 10.3 Å². The number of nitrogens with one attached hydrogen (secondary N) is 1. The van der Waals surface area contributed by atoms with E-state index in [4.69, 9.17) is 0 Å². The highest BCUT2D eigenvalue weighted by molar-refractivity contribution is 7.86. The van der Waals surface area contributed by atoms with E-state index in [0.29, 0.717) is 11.6 Å². The standard InChI is InChI=1S/C12H11FN2O3S2/c13-20(17,18)10-4-1-9(2-5-10)3-6-11(16)15-12-14-7-8-19-12/h1-2,4-5,7-8H,3,6H2,(H,14,15,16). The van der Waals surface area contributed by atoms with Gasteiger partial charge in [0.15, 0.2) is 5.13 Å². The van der Waals surface area contributed by atoms with E-state index in [0.717, 1.165) is 5.56 Å². The van der Waals surface area contributed by atoms with Crippen LogP contribution in [0, 0.1) is 0 Å². The average Bonchev–Trinajstić information content (AvgIpc) is 2.88. The van der Waals surface area contributed by atoms with E-state index in [1.54, 1.807) is 11.6 Å². The van der Waals surface area contributed by atoms with Crippen LogP contribution in [0.1, 0.15) is 12.0 Å². The lowest BCUT2D eigenvalue weighted by molar-refractivity contribution is -0.116. The van der Waals surface area contributed by atoms with E-state index in [9.17, 15) is 17.1 Å². The number of rotatable bonds is 5. The molecule has 0 saturated carbocycles. The van der Waals surface area contributed by atoms with Crippen LogP contribution in [-0.2, 0) is 21.4 Å². The third kappa shape index (κ3) is 4.10. The summed E-state index contributed by atoms with van der Waals surface area (Å²) in [6.45, 7) is 0. The molecule has 1 heterocycles. The van der Waals surface area contributed by atoms with E-state index in [-0.39, 0.29) is 17.2 Å². The van der Waals surface area contributed by atoms with Crippen molar-refractivity contribution < 1.29 is 17.1 Å². The Kier molecular flexibility index (Phi) is 4.46. The third-order valence-corrected chi connectivity index (χ3v) is 4.05. The van der Waals surface area contributed by atoms with Gasteiger partial charge in [-0.15, -0.1) is 15.2 Å². The molecule has 8 heteroatoms. The van der Waals surface area contributed by atoms with Crippen molar-refractivity contribution in [3.05, 3.63) is 41.4 Å². The smallest absolute Gasteiger partial charge is 0.302 e. The highest BCUT2D eigenvalue weighted by Gasteiger charge is 2.11. The predicted octanol–water partition coefficient (Wildman–Crippen LogP) is 2.37. The number of benzene rings is 1. The molecule has 1 N–H and O–H groups in total. The largest absolute Gasteiger partial charge is 0.332 e. The highest BCUT2D eigenvalue weighted by atomic mass is 32.3. The lowest BCUT2D eigenvalue weighted by Gasteiger charge is -2.03. The molecular weight excluding hydrogens is 303 g/mol. The molecule has 0 aliphatic heterocycles. The van der Waals surface area contributed by atoms with Gasteiger partial charge >= 0.3 is 10.2 Å². The Morgan fingerprint density at radius 2 is 2.00 bits per heavy atom. The summed E-state index contributed by atoms with van der Waals surface area (Å²) in [5.74, 6) is -0.179. The fourth-order valence-corrected chi connectivity index (χ4v) is 2.55. The molecule has 0 saturated heterocycles. The predicted molar refractivity (Wildman–Crippen MR) is 73.8 cm³/mol. The second-order valence-corrected chi connectivity index (χ2v) is 6.21. The van der Waals surface area contributed by atoms with Gasteiger partial charge in [-0.3, -0.25) is 4.79 Å². The zero-order valence-electron chi connectivity index (χ0n) is 10.2. The van der Waals surface area contributed by atoms with Crippen LogP contribution in [0.25, 0.3) is 0 Å². The van der Waals surface area contributed by atoms with E-state index in [1.807, 2.05) is 0 Å². The van der Waals surface area contributed by atoms with Crippen molar-refractivity contribution in [2.45, 2.75) is 17.7 Å². The molecule has 0 spiro atoms.